The molecular formula is C17H23ClN2O2. The SMILES string of the molecule is CN(C)C(=O)CCNC1(c2ccccc2Cl)CCCCC1=O. The van der Waals surface area contributed by atoms with Gasteiger partial charge in [-0.3, -0.25) is 9.59 Å². The largest absolute Gasteiger partial charge is 0.349 e. The number of Topliss-reactive ketones (excluding diaryl/α,β-unsaturated/α-hetero) is 1. The van der Waals surface area contributed by atoms with Crippen LogP contribution in [0.15, 0.2) is 24.3 Å². The van der Waals surface area contributed by atoms with Crippen molar-refractivity contribution in [2.45, 2.75) is 37.6 Å². The van der Waals surface area contributed by atoms with Gasteiger partial charge in [-0.1, -0.05) is 36.2 Å². The summed E-state index contributed by atoms with van der Waals surface area (Å²) in [6.07, 6.45) is 3.55. The van der Waals surface area contributed by atoms with Crippen LogP contribution in [0.4, 0.5) is 0 Å². The fraction of sp³-hybridized carbons (Fsp3) is 0.529. The maximum Gasteiger partial charge on any atom is 0.223 e. The molecule has 1 amide bonds. The number of carbonyl (C=O) groups is 2. The van der Waals surface area contributed by atoms with Crippen LogP contribution in [0.2, 0.25) is 5.02 Å². The lowest BCUT2D eigenvalue weighted by molar-refractivity contribution is -0.130. The minimum Gasteiger partial charge on any atom is -0.349 e. The molecule has 0 bridgehead atoms. The maximum absolute atomic E-state index is 12.7. The topological polar surface area (TPSA) is 49.4 Å². The summed E-state index contributed by atoms with van der Waals surface area (Å²) in [5.41, 5.74) is 0.0853. The first-order chi connectivity index (χ1) is 10.5. The summed E-state index contributed by atoms with van der Waals surface area (Å²) < 4.78 is 0. The summed E-state index contributed by atoms with van der Waals surface area (Å²) >= 11 is 6.34. The predicted octanol–water partition coefficient (Wildman–Crippen LogP) is 2.75. The minimum absolute atomic E-state index is 0.0464. The van der Waals surface area contributed by atoms with Gasteiger partial charge in [0.15, 0.2) is 5.78 Å². The highest BCUT2D eigenvalue weighted by Crippen LogP contribution is 2.37. The third-order valence-corrected chi connectivity index (χ3v) is 4.61. The van der Waals surface area contributed by atoms with Gasteiger partial charge >= 0.3 is 0 Å². The Morgan fingerprint density at radius 3 is 2.68 bits per heavy atom. The Morgan fingerprint density at radius 1 is 1.32 bits per heavy atom. The van der Waals surface area contributed by atoms with Crippen LogP contribution in [0.1, 0.15) is 37.7 Å². The van der Waals surface area contributed by atoms with Crippen LogP contribution in [0, 0.1) is 0 Å². The van der Waals surface area contributed by atoms with E-state index in [0.717, 1.165) is 24.8 Å². The Balaban J connectivity index is 2.22. The van der Waals surface area contributed by atoms with Crippen LogP contribution in [-0.2, 0) is 15.1 Å². The van der Waals surface area contributed by atoms with Gasteiger partial charge in [0.1, 0.15) is 5.54 Å². The third-order valence-electron chi connectivity index (χ3n) is 4.28. The predicted molar refractivity (Wildman–Crippen MR) is 87.9 cm³/mol. The summed E-state index contributed by atoms with van der Waals surface area (Å²) in [5, 5.41) is 3.95. The smallest absolute Gasteiger partial charge is 0.223 e. The number of halogens is 1. The van der Waals surface area contributed by atoms with E-state index in [1.807, 2.05) is 24.3 Å². The fourth-order valence-corrected chi connectivity index (χ4v) is 3.31. The van der Waals surface area contributed by atoms with Crippen molar-refractivity contribution in [2.75, 3.05) is 20.6 Å². The lowest BCUT2D eigenvalue weighted by atomic mass is 9.75. The molecule has 1 aromatic carbocycles. The number of amides is 1. The molecule has 1 unspecified atom stereocenters. The van der Waals surface area contributed by atoms with Gasteiger partial charge in [-0.25, -0.2) is 0 Å². The fourth-order valence-electron chi connectivity index (χ4n) is 3.01. The lowest BCUT2D eigenvalue weighted by Gasteiger charge is -2.38. The molecule has 120 valence electrons. The van der Waals surface area contributed by atoms with Crippen LogP contribution in [0.25, 0.3) is 0 Å². The second kappa shape index (κ2) is 7.25. The molecule has 1 aromatic rings. The van der Waals surface area contributed by atoms with Crippen LogP contribution >= 0.6 is 11.6 Å². The van der Waals surface area contributed by atoms with Crippen LogP contribution in [0.5, 0.6) is 0 Å². The van der Waals surface area contributed by atoms with E-state index in [-0.39, 0.29) is 11.7 Å². The number of hydrogen-bond acceptors (Lipinski definition) is 3. The van der Waals surface area contributed by atoms with Gasteiger partial charge in [-0.2, -0.15) is 0 Å². The molecule has 0 spiro atoms. The van der Waals surface area contributed by atoms with Crippen LogP contribution < -0.4 is 5.32 Å². The van der Waals surface area contributed by atoms with E-state index >= 15 is 0 Å². The second-order valence-corrected chi connectivity index (χ2v) is 6.39. The first-order valence-corrected chi connectivity index (χ1v) is 8.08. The Hall–Kier alpha value is -1.39. The van der Waals surface area contributed by atoms with Crippen molar-refractivity contribution in [1.82, 2.24) is 10.2 Å². The van der Waals surface area contributed by atoms with Gasteiger partial charge in [0, 0.05) is 38.5 Å². The summed E-state index contributed by atoms with van der Waals surface area (Å²) in [5.74, 6) is 0.217. The Bertz CT molecular complexity index is 559. The molecule has 1 aliphatic rings. The highest BCUT2D eigenvalue weighted by molar-refractivity contribution is 6.31. The van der Waals surface area contributed by atoms with Crippen LogP contribution in [0.3, 0.4) is 0 Å². The molecule has 1 atom stereocenters. The van der Waals surface area contributed by atoms with E-state index in [9.17, 15) is 9.59 Å². The van der Waals surface area contributed by atoms with E-state index in [1.54, 1.807) is 19.0 Å². The molecule has 1 N–H and O–H groups in total. The lowest BCUT2D eigenvalue weighted by Crippen LogP contribution is -2.51. The van der Waals surface area contributed by atoms with E-state index < -0.39 is 5.54 Å². The van der Waals surface area contributed by atoms with Crippen molar-refractivity contribution < 1.29 is 9.59 Å². The highest BCUT2D eigenvalue weighted by Gasteiger charge is 2.42. The zero-order chi connectivity index (χ0) is 16.2. The summed E-state index contributed by atoms with van der Waals surface area (Å²) in [6.45, 7) is 0.466. The van der Waals surface area contributed by atoms with Crippen molar-refractivity contribution in [3.63, 3.8) is 0 Å². The normalized spacial score (nSPS) is 21.7. The van der Waals surface area contributed by atoms with Crippen molar-refractivity contribution in [3.8, 4) is 0 Å². The quantitative estimate of drug-likeness (QED) is 0.907. The van der Waals surface area contributed by atoms with Crippen molar-refractivity contribution >= 4 is 23.3 Å². The second-order valence-electron chi connectivity index (χ2n) is 5.98. The van der Waals surface area contributed by atoms with Gasteiger partial charge in [-0.15, -0.1) is 0 Å². The molecule has 2 rings (SSSR count). The molecule has 1 fully saturated rings. The maximum atomic E-state index is 12.7. The summed E-state index contributed by atoms with van der Waals surface area (Å²) in [4.78, 5) is 26.0. The van der Waals surface area contributed by atoms with Crippen molar-refractivity contribution in [1.29, 1.82) is 0 Å². The Labute approximate surface area is 136 Å². The monoisotopic (exact) mass is 322 g/mol. The number of carbonyl (C=O) groups excluding carboxylic acids is 2. The van der Waals surface area contributed by atoms with E-state index in [4.69, 9.17) is 11.6 Å². The molecule has 0 radical (unpaired) electrons. The van der Waals surface area contributed by atoms with Crippen molar-refractivity contribution in [3.05, 3.63) is 34.9 Å². The average molecular weight is 323 g/mol. The number of hydrogen-bond donors (Lipinski definition) is 1. The standard InChI is InChI=1S/C17H23ClN2O2/c1-20(2)16(22)10-12-19-17(11-6-5-9-15(17)21)13-7-3-4-8-14(13)18/h3-4,7-8,19H,5-6,9-12H2,1-2H3. The number of nitrogens with zero attached hydrogens (tertiary/aromatic N) is 1. The molecule has 0 aromatic heterocycles. The van der Waals surface area contributed by atoms with Crippen LogP contribution in [-0.4, -0.2) is 37.2 Å². The third kappa shape index (κ3) is 3.50. The molecule has 0 aliphatic heterocycles. The number of nitrogens with one attached hydrogen (secondary N) is 1. The van der Waals surface area contributed by atoms with Gasteiger partial charge < -0.3 is 10.2 Å². The average Bonchev–Trinajstić information content (AvgIpc) is 2.49. The first-order valence-electron chi connectivity index (χ1n) is 7.71. The molecule has 1 aliphatic carbocycles. The van der Waals surface area contributed by atoms with Gasteiger partial charge in [-0.05, 0) is 24.5 Å². The van der Waals surface area contributed by atoms with Crippen molar-refractivity contribution in [2.24, 2.45) is 0 Å². The number of rotatable bonds is 5. The van der Waals surface area contributed by atoms with E-state index in [0.29, 0.717) is 24.4 Å². The molecule has 0 saturated heterocycles. The Kier molecular flexibility index (Phi) is 5.59. The summed E-state index contributed by atoms with van der Waals surface area (Å²) in [6, 6.07) is 7.49. The minimum atomic E-state index is -0.747. The molecule has 4 nitrogen and oxygen atoms in total. The zero-order valence-corrected chi connectivity index (χ0v) is 13.9. The number of ketones is 1. The zero-order valence-electron chi connectivity index (χ0n) is 13.2. The molecule has 0 heterocycles. The Morgan fingerprint density at radius 2 is 2.05 bits per heavy atom. The van der Waals surface area contributed by atoms with E-state index in [1.165, 1.54) is 0 Å². The molecule has 5 heteroatoms. The number of benzene rings is 1. The molecule has 22 heavy (non-hydrogen) atoms. The van der Waals surface area contributed by atoms with Gasteiger partial charge in [0.05, 0.1) is 0 Å². The first kappa shape index (κ1) is 17.0. The van der Waals surface area contributed by atoms with Gasteiger partial charge in [0.25, 0.3) is 0 Å². The molecular weight excluding hydrogens is 300 g/mol. The van der Waals surface area contributed by atoms with Gasteiger partial charge in [0.2, 0.25) is 5.91 Å². The summed E-state index contributed by atoms with van der Waals surface area (Å²) in [7, 11) is 3.47. The van der Waals surface area contributed by atoms with E-state index in [2.05, 4.69) is 5.32 Å². The highest BCUT2D eigenvalue weighted by atomic mass is 35.5. The molecule has 1 saturated carbocycles.